The van der Waals surface area contributed by atoms with Crippen LogP contribution in [0.1, 0.15) is 32.1 Å². The molecule has 2 aliphatic rings. The highest BCUT2D eigenvalue weighted by Crippen LogP contribution is 2.49. The zero-order valence-corrected chi connectivity index (χ0v) is 11.2. The lowest BCUT2D eigenvalue weighted by Crippen LogP contribution is -2.20. The van der Waals surface area contributed by atoms with Crippen LogP contribution in [0.2, 0.25) is 0 Å². The van der Waals surface area contributed by atoms with Crippen LogP contribution < -0.4 is 5.32 Å². The van der Waals surface area contributed by atoms with E-state index >= 15 is 0 Å². The Morgan fingerprint density at radius 3 is 2.85 bits per heavy atom. The number of carbonyl (C=O) groups is 1. The molecule has 1 amide bonds. The molecule has 2 bridgehead atoms. The molecule has 0 heterocycles. The summed E-state index contributed by atoms with van der Waals surface area (Å²) in [4.78, 5) is 22.3. The van der Waals surface area contributed by atoms with Gasteiger partial charge < -0.3 is 5.32 Å². The Morgan fingerprint density at radius 2 is 2.20 bits per heavy atom. The molecule has 3 rings (SSSR count). The molecule has 0 aromatic heterocycles. The topological polar surface area (TPSA) is 72.2 Å². The van der Waals surface area contributed by atoms with Crippen molar-refractivity contribution in [2.24, 2.45) is 17.8 Å². The maximum absolute atomic E-state index is 12.0. The summed E-state index contributed by atoms with van der Waals surface area (Å²) in [6.45, 7) is 0. The zero-order chi connectivity index (χ0) is 14.1. The lowest BCUT2D eigenvalue weighted by atomic mass is 9.86. The molecule has 5 nitrogen and oxygen atoms in total. The summed E-state index contributed by atoms with van der Waals surface area (Å²) in [7, 11) is 0. The quantitative estimate of drug-likeness (QED) is 0.676. The van der Waals surface area contributed by atoms with E-state index in [0.717, 1.165) is 11.8 Å². The molecule has 106 valence electrons. The maximum Gasteiger partial charge on any atom is 0.271 e. The lowest BCUT2D eigenvalue weighted by Gasteiger charge is -2.20. The number of anilines is 1. The number of carbonyl (C=O) groups excluding carboxylic acids is 1. The standard InChI is InChI=1S/C15H18N2O3/c18-15(8-12-7-10-4-5-11(12)6-10)16-13-2-1-3-14(9-13)17(19)20/h1-3,9-12H,4-8H2,(H,16,18). The smallest absolute Gasteiger partial charge is 0.271 e. The predicted molar refractivity (Wildman–Crippen MR) is 75.3 cm³/mol. The van der Waals surface area contributed by atoms with Crippen LogP contribution in [0.3, 0.4) is 0 Å². The minimum absolute atomic E-state index is 0.00252. The Kier molecular flexibility index (Phi) is 3.42. The predicted octanol–water partition coefficient (Wildman–Crippen LogP) is 3.36. The van der Waals surface area contributed by atoms with Gasteiger partial charge in [-0.15, -0.1) is 0 Å². The fraction of sp³-hybridized carbons (Fsp3) is 0.533. The van der Waals surface area contributed by atoms with Gasteiger partial charge in [0, 0.05) is 24.2 Å². The van der Waals surface area contributed by atoms with Crippen LogP contribution in [0, 0.1) is 27.9 Å². The summed E-state index contributed by atoms with van der Waals surface area (Å²) >= 11 is 0. The van der Waals surface area contributed by atoms with Crippen molar-refractivity contribution < 1.29 is 9.72 Å². The number of nitro groups is 1. The Balaban J connectivity index is 1.59. The van der Waals surface area contributed by atoms with Gasteiger partial charge >= 0.3 is 0 Å². The van der Waals surface area contributed by atoms with E-state index in [0.29, 0.717) is 18.0 Å². The number of rotatable bonds is 4. The van der Waals surface area contributed by atoms with Crippen molar-refractivity contribution in [1.29, 1.82) is 0 Å². The van der Waals surface area contributed by atoms with E-state index in [1.54, 1.807) is 12.1 Å². The first-order valence-electron chi connectivity index (χ1n) is 7.16. The summed E-state index contributed by atoms with van der Waals surface area (Å²) in [6, 6.07) is 6.10. The Bertz CT molecular complexity index is 544. The van der Waals surface area contributed by atoms with Gasteiger partial charge in [0.25, 0.3) is 5.69 Å². The average Bonchev–Trinajstić information content (AvgIpc) is 3.01. The largest absolute Gasteiger partial charge is 0.326 e. The molecule has 0 aliphatic heterocycles. The number of amides is 1. The summed E-state index contributed by atoms with van der Waals surface area (Å²) < 4.78 is 0. The van der Waals surface area contributed by atoms with Crippen LogP contribution in [-0.4, -0.2) is 10.8 Å². The molecule has 1 N–H and O–H groups in total. The van der Waals surface area contributed by atoms with Gasteiger partial charge in [-0.3, -0.25) is 14.9 Å². The van der Waals surface area contributed by atoms with Crippen LogP contribution >= 0.6 is 0 Å². The molecule has 2 saturated carbocycles. The Labute approximate surface area is 117 Å². The molecule has 3 atom stereocenters. The van der Waals surface area contributed by atoms with Crippen molar-refractivity contribution in [3.05, 3.63) is 34.4 Å². The Morgan fingerprint density at radius 1 is 1.35 bits per heavy atom. The molecule has 0 spiro atoms. The van der Waals surface area contributed by atoms with E-state index in [9.17, 15) is 14.9 Å². The number of hydrogen-bond acceptors (Lipinski definition) is 3. The number of benzene rings is 1. The second kappa shape index (κ2) is 5.23. The molecule has 0 radical (unpaired) electrons. The fourth-order valence-electron chi connectivity index (χ4n) is 3.77. The summed E-state index contributed by atoms with van der Waals surface area (Å²) in [5.41, 5.74) is 0.509. The molecule has 1 aromatic rings. The summed E-state index contributed by atoms with van der Waals surface area (Å²) in [5.74, 6) is 2.03. The number of nitrogens with one attached hydrogen (secondary N) is 1. The van der Waals surface area contributed by atoms with Gasteiger partial charge in [-0.25, -0.2) is 0 Å². The third-order valence-electron chi connectivity index (χ3n) is 4.67. The Hall–Kier alpha value is -1.91. The summed E-state index contributed by atoms with van der Waals surface area (Å²) in [6.07, 6.45) is 5.60. The lowest BCUT2D eigenvalue weighted by molar-refractivity contribution is -0.384. The number of nitrogens with zero attached hydrogens (tertiary/aromatic N) is 1. The van der Waals surface area contributed by atoms with Gasteiger partial charge in [0.1, 0.15) is 0 Å². The van der Waals surface area contributed by atoms with Crippen molar-refractivity contribution in [3.63, 3.8) is 0 Å². The average molecular weight is 274 g/mol. The fourth-order valence-corrected chi connectivity index (χ4v) is 3.77. The molecule has 5 heteroatoms. The third kappa shape index (κ3) is 2.66. The van der Waals surface area contributed by atoms with Gasteiger partial charge in [-0.05, 0) is 43.1 Å². The SMILES string of the molecule is O=C(CC1CC2CCC1C2)Nc1cccc([N+](=O)[O-])c1. The van der Waals surface area contributed by atoms with Crippen molar-refractivity contribution >= 4 is 17.3 Å². The van der Waals surface area contributed by atoms with E-state index in [4.69, 9.17) is 0 Å². The third-order valence-corrected chi connectivity index (χ3v) is 4.67. The monoisotopic (exact) mass is 274 g/mol. The van der Waals surface area contributed by atoms with E-state index in [2.05, 4.69) is 5.32 Å². The van der Waals surface area contributed by atoms with Crippen LogP contribution in [0.5, 0.6) is 0 Å². The molecule has 2 fully saturated rings. The highest BCUT2D eigenvalue weighted by atomic mass is 16.6. The van der Waals surface area contributed by atoms with Crippen molar-refractivity contribution in [1.82, 2.24) is 0 Å². The molecule has 20 heavy (non-hydrogen) atoms. The van der Waals surface area contributed by atoms with Crippen molar-refractivity contribution in [2.75, 3.05) is 5.32 Å². The van der Waals surface area contributed by atoms with Gasteiger partial charge in [-0.1, -0.05) is 12.5 Å². The second-order valence-corrected chi connectivity index (χ2v) is 5.99. The van der Waals surface area contributed by atoms with Crippen LogP contribution in [0.4, 0.5) is 11.4 Å². The highest BCUT2D eigenvalue weighted by Gasteiger charge is 2.40. The van der Waals surface area contributed by atoms with Crippen LogP contribution in [-0.2, 0) is 4.79 Å². The minimum Gasteiger partial charge on any atom is -0.326 e. The number of fused-ring (bicyclic) bond motifs is 2. The van der Waals surface area contributed by atoms with E-state index in [1.807, 2.05) is 0 Å². The van der Waals surface area contributed by atoms with E-state index in [-0.39, 0.29) is 11.6 Å². The first kappa shape index (κ1) is 13.1. The molecule has 2 aliphatic carbocycles. The van der Waals surface area contributed by atoms with E-state index in [1.165, 1.54) is 37.8 Å². The normalized spacial score (nSPS) is 27.5. The van der Waals surface area contributed by atoms with Crippen LogP contribution in [0.15, 0.2) is 24.3 Å². The second-order valence-electron chi connectivity index (χ2n) is 5.99. The zero-order valence-electron chi connectivity index (χ0n) is 11.2. The molecule has 1 aromatic carbocycles. The summed E-state index contributed by atoms with van der Waals surface area (Å²) in [5, 5.41) is 13.5. The van der Waals surface area contributed by atoms with Gasteiger partial charge in [-0.2, -0.15) is 0 Å². The molecular weight excluding hydrogens is 256 g/mol. The maximum atomic E-state index is 12.0. The van der Waals surface area contributed by atoms with Crippen LogP contribution in [0.25, 0.3) is 0 Å². The van der Waals surface area contributed by atoms with Crippen molar-refractivity contribution in [2.45, 2.75) is 32.1 Å². The molecule has 0 saturated heterocycles. The van der Waals surface area contributed by atoms with Gasteiger partial charge in [0.15, 0.2) is 0 Å². The molecule has 3 unspecified atom stereocenters. The van der Waals surface area contributed by atoms with E-state index < -0.39 is 4.92 Å². The first-order chi connectivity index (χ1) is 9.61. The number of nitro benzene ring substituents is 1. The van der Waals surface area contributed by atoms with Gasteiger partial charge in [0.2, 0.25) is 5.91 Å². The van der Waals surface area contributed by atoms with Gasteiger partial charge in [0.05, 0.1) is 4.92 Å². The highest BCUT2D eigenvalue weighted by molar-refractivity contribution is 5.91. The minimum atomic E-state index is -0.453. The molecular formula is C15H18N2O3. The van der Waals surface area contributed by atoms with Crippen molar-refractivity contribution in [3.8, 4) is 0 Å². The number of hydrogen-bond donors (Lipinski definition) is 1. The number of non-ortho nitro benzene ring substituents is 1. The first-order valence-corrected chi connectivity index (χ1v) is 7.16.